The summed E-state index contributed by atoms with van der Waals surface area (Å²) in [6.07, 6.45) is 0. The number of halogens is 5. The highest BCUT2D eigenvalue weighted by Crippen LogP contribution is 2.42. The molecule has 0 spiro atoms. The summed E-state index contributed by atoms with van der Waals surface area (Å²) >= 11 is 13.9. The number of alkyl halides is 1. The second kappa shape index (κ2) is 5.57. The number of hydrogen-bond donors (Lipinski definition) is 0. The third-order valence-electron chi connectivity index (χ3n) is 2.47. The molecule has 0 aliphatic heterocycles. The third-order valence-corrected chi connectivity index (χ3v) is 6.11. The van der Waals surface area contributed by atoms with Crippen LogP contribution in [0.2, 0.25) is 5.02 Å². The molecule has 18 heavy (non-hydrogen) atoms. The van der Waals surface area contributed by atoms with Crippen LogP contribution in [-0.2, 0) is 0 Å². The molecular formula is C12H7Br2ClF2S. The summed E-state index contributed by atoms with van der Waals surface area (Å²) in [5.74, 6) is -0.979. The van der Waals surface area contributed by atoms with Crippen molar-refractivity contribution in [3.05, 3.63) is 54.6 Å². The van der Waals surface area contributed by atoms with Crippen LogP contribution in [0.1, 0.15) is 20.8 Å². The van der Waals surface area contributed by atoms with Crippen molar-refractivity contribution < 1.29 is 8.78 Å². The molecular weight excluding hydrogens is 409 g/mol. The summed E-state index contributed by atoms with van der Waals surface area (Å²) < 4.78 is 27.4. The normalized spacial score (nSPS) is 12.8. The molecule has 0 bridgehead atoms. The van der Waals surface area contributed by atoms with Crippen LogP contribution in [0.4, 0.5) is 8.78 Å². The Labute approximate surface area is 129 Å². The van der Waals surface area contributed by atoms with Crippen LogP contribution < -0.4 is 0 Å². The molecule has 0 saturated heterocycles. The van der Waals surface area contributed by atoms with Crippen molar-refractivity contribution in [1.29, 1.82) is 0 Å². The number of hydrogen-bond acceptors (Lipinski definition) is 1. The molecule has 1 atom stereocenters. The zero-order chi connectivity index (χ0) is 13.4. The summed E-state index contributed by atoms with van der Waals surface area (Å²) in [7, 11) is 0. The predicted molar refractivity (Wildman–Crippen MR) is 78.9 cm³/mol. The number of rotatable bonds is 2. The van der Waals surface area contributed by atoms with E-state index >= 15 is 0 Å². The van der Waals surface area contributed by atoms with Gasteiger partial charge in [0.05, 0.1) is 14.3 Å². The standard InChI is InChI=1S/C12H7Br2ClF2S/c1-5-4-18-12(11(5)15)10(14)6-2-9(17)7(13)3-8(6)16/h2-4,10H,1H3. The second-order valence-corrected chi connectivity index (χ2v) is 6.81. The first-order chi connectivity index (χ1) is 8.41. The fourth-order valence-electron chi connectivity index (χ4n) is 1.49. The van der Waals surface area contributed by atoms with E-state index in [1.165, 1.54) is 17.4 Å². The van der Waals surface area contributed by atoms with E-state index in [-0.39, 0.29) is 10.0 Å². The Morgan fingerprint density at radius 2 is 1.94 bits per heavy atom. The van der Waals surface area contributed by atoms with Gasteiger partial charge < -0.3 is 0 Å². The maximum absolute atomic E-state index is 13.8. The molecule has 1 unspecified atom stereocenters. The van der Waals surface area contributed by atoms with Crippen molar-refractivity contribution in [3.8, 4) is 0 Å². The molecule has 2 rings (SSSR count). The lowest BCUT2D eigenvalue weighted by Gasteiger charge is -2.11. The summed E-state index contributed by atoms with van der Waals surface area (Å²) in [5.41, 5.74) is 1.17. The molecule has 0 aliphatic rings. The van der Waals surface area contributed by atoms with Crippen LogP contribution in [0, 0.1) is 18.6 Å². The minimum absolute atomic E-state index is 0.108. The molecule has 2 aromatic rings. The summed E-state index contributed by atoms with van der Waals surface area (Å²) in [4.78, 5) is 0.320. The van der Waals surface area contributed by atoms with Gasteiger partial charge in [-0.3, -0.25) is 0 Å². The first-order valence-electron chi connectivity index (χ1n) is 4.93. The molecule has 96 valence electrons. The van der Waals surface area contributed by atoms with Crippen molar-refractivity contribution in [2.45, 2.75) is 11.8 Å². The maximum atomic E-state index is 13.8. The van der Waals surface area contributed by atoms with Gasteiger partial charge in [-0.25, -0.2) is 8.78 Å². The quantitative estimate of drug-likeness (QED) is 0.402. The van der Waals surface area contributed by atoms with E-state index in [2.05, 4.69) is 31.9 Å². The van der Waals surface area contributed by atoms with Crippen LogP contribution in [0.15, 0.2) is 22.0 Å². The lowest BCUT2D eigenvalue weighted by Crippen LogP contribution is -1.97. The molecule has 0 radical (unpaired) electrons. The van der Waals surface area contributed by atoms with Gasteiger partial charge in [0, 0.05) is 10.4 Å². The fraction of sp³-hybridized carbons (Fsp3) is 0.167. The van der Waals surface area contributed by atoms with Gasteiger partial charge >= 0.3 is 0 Å². The van der Waals surface area contributed by atoms with Crippen LogP contribution in [0.25, 0.3) is 0 Å². The highest BCUT2D eigenvalue weighted by atomic mass is 79.9. The number of benzene rings is 1. The van der Waals surface area contributed by atoms with E-state index in [1.807, 2.05) is 12.3 Å². The maximum Gasteiger partial charge on any atom is 0.137 e. The molecule has 0 nitrogen and oxygen atoms in total. The van der Waals surface area contributed by atoms with E-state index in [1.54, 1.807) is 0 Å². The Morgan fingerprint density at radius 3 is 2.50 bits per heavy atom. The van der Waals surface area contributed by atoms with Crippen LogP contribution in [0.5, 0.6) is 0 Å². The van der Waals surface area contributed by atoms with Crippen LogP contribution in [0.3, 0.4) is 0 Å². The van der Waals surface area contributed by atoms with Crippen molar-refractivity contribution in [3.63, 3.8) is 0 Å². The van der Waals surface area contributed by atoms with Gasteiger partial charge in [0.15, 0.2) is 0 Å². The summed E-state index contributed by atoms with van der Waals surface area (Å²) in [5, 5.41) is 2.48. The average Bonchev–Trinajstić information content (AvgIpc) is 2.64. The Balaban J connectivity index is 2.49. The van der Waals surface area contributed by atoms with Crippen molar-refractivity contribution in [1.82, 2.24) is 0 Å². The molecule has 6 heteroatoms. The van der Waals surface area contributed by atoms with E-state index in [0.717, 1.165) is 16.5 Å². The lowest BCUT2D eigenvalue weighted by molar-refractivity contribution is 0.583. The first kappa shape index (κ1) is 14.4. The van der Waals surface area contributed by atoms with Gasteiger partial charge in [-0.05, 0) is 45.9 Å². The van der Waals surface area contributed by atoms with E-state index in [0.29, 0.717) is 5.02 Å². The lowest BCUT2D eigenvalue weighted by atomic mass is 10.1. The van der Waals surface area contributed by atoms with Crippen LogP contribution >= 0.6 is 54.8 Å². The molecule has 0 N–H and O–H groups in total. The van der Waals surface area contributed by atoms with E-state index in [9.17, 15) is 8.78 Å². The monoisotopic (exact) mass is 414 g/mol. The van der Waals surface area contributed by atoms with Crippen molar-refractivity contribution in [2.75, 3.05) is 0 Å². The van der Waals surface area contributed by atoms with Gasteiger partial charge in [-0.1, -0.05) is 27.5 Å². The second-order valence-electron chi connectivity index (χ2n) is 3.75. The van der Waals surface area contributed by atoms with Crippen molar-refractivity contribution in [2.24, 2.45) is 0 Å². The van der Waals surface area contributed by atoms with E-state index in [4.69, 9.17) is 11.6 Å². The summed E-state index contributed by atoms with van der Waals surface area (Å²) in [6, 6.07) is 2.29. The Bertz CT molecular complexity index is 598. The van der Waals surface area contributed by atoms with Crippen molar-refractivity contribution >= 4 is 54.8 Å². The number of aryl methyl sites for hydroxylation is 1. The topological polar surface area (TPSA) is 0 Å². The molecule has 1 heterocycles. The third kappa shape index (κ3) is 2.64. The van der Waals surface area contributed by atoms with Gasteiger partial charge in [0.25, 0.3) is 0 Å². The highest BCUT2D eigenvalue weighted by molar-refractivity contribution is 9.10. The van der Waals surface area contributed by atoms with Gasteiger partial charge in [0.2, 0.25) is 0 Å². The van der Waals surface area contributed by atoms with Crippen LogP contribution in [-0.4, -0.2) is 0 Å². The average molecular weight is 417 g/mol. The molecule has 0 fully saturated rings. The van der Waals surface area contributed by atoms with Gasteiger partial charge in [-0.2, -0.15) is 0 Å². The Hall–Kier alpha value is 0.0300. The minimum Gasteiger partial charge on any atom is -0.207 e. The molecule has 0 saturated carbocycles. The molecule has 1 aromatic heterocycles. The first-order valence-corrected chi connectivity index (χ1v) is 7.90. The molecule has 0 aliphatic carbocycles. The van der Waals surface area contributed by atoms with Gasteiger partial charge in [0.1, 0.15) is 11.6 Å². The Kier molecular flexibility index (Phi) is 4.47. The predicted octanol–water partition coefficient (Wildman–Crippen LogP) is 6.23. The summed E-state index contributed by atoms with van der Waals surface area (Å²) in [6.45, 7) is 1.88. The molecule has 1 aromatic carbocycles. The van der Waals surface area contributed by atoms with E-state index < -0.39 is 16.5 Å². The van der Waals surface area contributed by atoms with Gasteiger partial charge in [-0.15, -0.1) is 11.3 Å². The SMILES string of the molecule is Cc1csc(C(Br)c2cc(F)c(Br)cc2F)c1Cl. The smallest absolute Gasteiger partial charge is 0.137 e. The molecule has 0 amide bonds. The zero-order valence-electron chi connectivity index (χ0n) is 9.11. The fourth-order valence-corrected chi connectivity index (χ4v) is 4.14. The minimum atomic E-state index is -0.500. The Morgan fingerprint density at radius 1 is 1.28 bits per heavy atom. The number of thiophene rings is 1. The zero-order valence-corrected chi connectivity index (χ0v) is 13.9. The largest absolute Gasteiger partial charge is 0.207 e. The highest BCUT2D eigenvalue weighted by Gasteiger charge is 2.21.